The molecule has 1 aromatic rings. The summed E-state index contributed by atoms with van der Waals surface area (Å²) >= 11 is 0. The molecule has 0 unspecified atom stereocenters. The summed E-state index contributed by atoms with van der Waals surface area (Å²) in [6.07, 6.45) is 0. The van der Waals surface area contributed by atoms with Crippen LogP contribution in [0.5, 0.6) is 0 Å². The van der Waals surface area contributed by atoms with Crippen molar-refractivity contribution in [3.8, 4) is 0 Å². The van der Waals surface area contributed by atoms with E-state index >= 15 is 0 Å². The summed E-state index contributed by atoms with van der Waals surface area (Å²) in [5.74, 6) is 0.102. The second-order valence-corrected chi connectivity index (χ2v) is 3.32. The number of anilines is 2. The Balaban J connectivity index is 2.35. The molecule has 1 aliphatic heterocycles. The standard InChI is InChI=1S/C10H12N2O/c1-7-6-11-8-4-2-3-5-9(8)12-10(7)13/h2-5,7,11H,6H2,1H3,(H,12,13)/t7-/m1/s1. The van der Waals surface area contributed by atoms with Gasteiger partial charge in [0, 0.05) is 6.54 Å². The third-order valence-electron chi connectivity index (χ3n) is 2.23. The van der Waals surface area contributed by atoms with Gasteiger partial charge in [-0.25, -0.2) is 0 Å². The summed E-state index contributed by atoms with van der Waals surface area (Å²) in [4.78, 5) is 11.4. The van der Waals surface area contributed by atoms with Gasteiger partial charge < -0.3 is 10.6 Å². The van der Waals surface area contributed by atoms with Gasteiger partial charge in [0.25, 0.3) is 0 Å². The third kappa shape index (κ3) is 1.49. The summed E-state index contributed by atoms with van der Waals surface area (Å²) in [6, 6.07) is 7.73. The predicted molar refractivity (Wildman–Crippen MR) is 52.7 cm³/mol. The maximum Gasteiger partial charge on any atom is 0.229 e. The fourth-order valence-corrected chi connectivity index (χ4v) is 1.36. The van der Waals surface area contributed by atoms with Crippen LogP contribution in [-0.2, 0) is 4.79 Å². The minimum atomic E-state index is 0.0207. The number of hydrogen-bond acceptors (Lipinski definition) is 2. The molecule has 0 saturated heterocycles. The Hall–Kier alpha value is -1.51. The van der Waals surface area contributed by atoms with Gasteiger partial charge in [-0.15, -0.1) is 0 Å². The van der Waals surface area contributed by atoms with Gasteiger partial charge >= 0.3 is 0 Å². The molecule has 13 heavy (non-hydrogen) atoms. The number of fused-ring (bicyclic) bond motifs is 1. The lowest BCUT2D eigenvalue weighted by Gasteiger charge is -2.05. The summed E-state index contributed by atoms with van der Waals surface area (Å²) in [5.41, 5.74) is 1.87. The van der Waals surface area contributed by atoms with Crippen molar-refractivity contribution in [1.82, 2.24) is 0 Å². The summed E-state index contributed by atoms with van der Waals surface area (Å²) in [6.45, 7) is 2.61. The highest BCUT2D eigenvalue weighted by Gasteiger charge is 2.18. The second-order valence-electron chi connectivity index (χ2n) is 3.32. The number of carbonyl (C=O) groups is 1. The van der Waals surface area contributed by atoms with E-state index in [4.69, 9.17) is 0 Å². The molecule has 0 spiro atoms. The van der Waals surface area contributed by atoms with Crippen molar-refractivity contribution in [1.29, 1.82) is 0 Å². The third-order valence-corrected chi connectivity index (χ3v) is 2.23. The minimum Gasteiger partial charge on any atom is -0.383 e. The topological polar surface area (TPSA) is 41.1 Å². The number of rotatable bonds is 0. The van der Waals surface area contributed by atoms with Crippen molar-refractivity contribution in [3.63, 3.8) is 0 Å². The molecule has 1 amide bonds. The Labute approximate surface area is 77.1 Å². The van der Waals surface area contributed by atoms with Crippen LogP contribution in [0.25, 0.3) is 0 Å². The molecule has 0 saturated carbocycles. The zero-order valence-electron chi connectivity index (χ0n) is 7.50. The molecule has 3 heteroatoms. The van der Waals surface area contributed by atoms with Crippen LogP contribution in [0.1, 0.15) is 6.92 Å². The van der Waals surface area contributed by atoms with Crippen LogP contribution < -0.4 is 10.6 Å². The van der Waals surface area contributed by atoms with Crippen molar-refractivity contribution in [2.24, 2.45) is 5.92 Å². The number of benzene rings is 1. The van der Waals surface area contributed by atoms with Gasteiger partial charge in [0.05, 0.1) is 17.3 Å². The molecule has 0 bridgehead atoms. The van der Waals surface area contributed by atoms with Crippen LogP contribution in [0.15, 0.2) is 24.3 Å². The first-order valence-corrected chi connectivity index (χ1v) is 4.41. The van der Waals surface area contributed by atoms with E-state index in [1.54, 1.807) is 0 Å². The van der Waals surface area contributed by atoms with Gasteiger partial charge in [-0.3, -0.25) is 4.79 Å². The Morgan fingerprint density at radius 3 is 2.77 bits per heavy atom. The van der Waals surface area contributed by atoms with Crippen molar-refractivity contribution in [2.75, 3.05) is 17.2 Å². The van der Waals surface area contributed by atoms with Crippen LogP contribution in [-0.4, -0.2) is 12.5 Å². The van der Waals surface area contributed by atoms with E-state index in [1.807, 2.05) is 31.2 Å². The summed E-state index contributed by atoms with van der Waals surface area (Å²) in [7, 11) is 0. The van der Waals surface area contributed by atoms with E-state index in [9.17, 15) is 4.79 Å². The monoisotopic (exact) mass is 176 g/mol. The SMILES string of the molecule is C[C@@H]1CNc2ccccc2NC1=O. The van der Waals surface area contributed by atoms with Crippen LogP contribution in [0, 0.1) is 5.92 Å². The van der Waals surface area contributed by atoms with Gasteiger partial charge in [0.1, 0.15) is 0 Å². The fourth-order valence-electron chi connectivity index (χ4n) is 1.36. The maximum atomic E-state index is 11.4. The number of para-hydroxylation sites is 2. The zero-order valence-corrected chi connectivity index (χ0v) is 7.50. The molecule has 3 nitrogen and oxygen atoms in total. The first-order chi connectivity index (χ1) is 6.27. The lowest BCUT2D eigenvalue weighted by atomic mass is 10.2. The number of hydrogen-bond donors (Lipinski definition) is 2. The van der Waals surface area contributed by atoms with E-state index < -0.39 is 0 Å². The lowest BCUT2D eigenvalue weighted by molar-refractivity contribution is -0.118. The fraction of sp³-hybridized carbons (Fsp3) is 0.300. The molecule has 1 aromatic carbocycles. The minimum absolute atomic E-state index is 0.0207. The van der Waals surface area contributed by atoms with Crippen molar-refractivity contribution in [2.45, 2.75) is 6.92 Å². The molecule has 0 fully saturated rings. The average Bonchev–Trinajstić information content (AvgIpc) is 2.28. The summed E-state index contributed by atoms with van der Waals surface area (Å²) < 4.78 is 0. The van der Waals surface area contributed by atoms with Gasteiger partial charge in [-0.2, -0.15) is 0 Å². The predicted octanol–water partition coefficient (Wildman–Crippen LogP) is 1.69. The Bertz CT molecular complexity index is 335. The van der Waals surface area contributed by atoms with Gasteiger partial charge in [-0.05, 0) is 12.1 Å². The molecule has 0 aliphatic carbocycles. The van der Waals surface area contributed by atoms with Gasteiger partial charge in [0.15, 0.2) is 0 Å². The molecular weight excluding hydrogens is 164 g/mol. The molecule has 2 rings (SSSR count). The number of nitrogens with one attached hydrogen (secondary N) is 2. The highest BCUT2D eigenvalue weighted by atomic mass is 16.1. The Morgan fingerprint density at radius 2 is 2.00 bits per heavy atom. The molecule has 68 valence electrons. The van der Waals surface area contributed by atoms with E-state index in [0.717, 1.165) is 11.4 Å². The van der Waals surface area contributed by atoms with Crippen molar-refractivity contribution < 1.29 is 4.79 Å². The highest BCUT2D eigenvalue weighted by Crippen LogP contribution is 2.24. The first kappa shape index (κ1) is 8.10. The van der Waals surface area contributed by atoms with Gasteiger partial charge in [-0.1, -0.05) is 19.1 Å². The Morgan fingerprint density at radius 1 is 1.31 bits per heavy atom. The number of amides is 1. The normalized spacial score (nSPS) is 21.0. The smallest absolute Gasteiger partial charge is 0.229 e. The van der Waals surface area contributed by atoms with Gasteiger partial charge in [0.2, 0.25) is 5.91 Å². The molecule has 0 aromatic heterocycles. The first-order valence-electron chi connectivity index (χ1n) is 4.41. The highest BCUT2D eigenvalue weighted by molar-refractivity contribution is 5.97. The largest absolute Gasteiger partial charge is 0.383 e. The van der Waals surface area contributed by atoms with Crippen LogP contribution in [0.4, 0.5) is 11.4 Å². The van der Waals surface area contributed by atoms with E-state index in [2.05, 4.69) is 10.6 Å². The molecule has 1 heterocycles. The molecule has 1 aliphatic rings. The molecule has 2 N–H and O–H groups in total. The van der Waals surface area contributed by atoms with Crippen molar-refractivity contribution >= 4 is 17.3 Å². The summed E-state index contributed by atoms with van der Waals surface area (Å²) in [5, 5.41) is 6.09. The molecule has 0 radical (unpaired) electrons. The average molecular weight is 176 g/mol. The van der Waals surface area contributed by atoms with Crippen LogP contribution in [0.2, 0.25) is 0 Å². The van der Waals surface area contributed by atoms with Crippen LogP contribution >= 0.6 is 0 Å². The van der Waals surface area contributed by atoms with E-state index in [-0.39, 0.29) is 11.8 Å². The van der Waals surface area contributed by atoms with Crippen molar-refractivity contribution in [3.05, 3.63) is 24.3 Å². The van der Waals surface area contributed by atoms with E-state index in [1.165, 1.54) is 0 Å². The second kappa shape index (κ2) is 3.09. The number of carbonyl (C=O) groups excluding carboxylic acids is 1. The quantitative estimate of drug-likeness (QED) is 0.631. The lowest BCUT2D eigenvalue weighted by Crippen LogP contribution is -2.22. The molecule has 1 atom stereocenters. The maximum absolute atomic E-state index is 11.4. The van der Waals surface area contributed by atoms with Crippen LogP contribution in [0.3, 0.4) is 0 Å². The van der Waals surface area contributed by atoms with E-state index in [0.29, 0.717) is 6.54 Å². The Kier molecular flexibility index (Phi) is 1.93. The molecular formula is C10H12N2O. The zero-order chi connectivity index (χ0) is 9.26.